The zero-order valence-corrected chi connectivity index (χ0v) is 8.27. The van der Waals surface area contributed by atoms with Crippen LogP contribution < -0.4 is 5.73 Å². The average molecular weight is 185 g/mol. The minimum absolute atomic E-state index is 0.201. The van der Waals surface area contributed by atoms with Crippen molar-refractivity contribution < 1.29 is 4.39 Å². The molecule has 76 valence electrons. The van der Waals surface area contributed by atoms with E-state index in [-0.39, 0.29) is 5.54 Å². The second-order valence-corrected chi connectivity index (χ2v) is 5.02. The monoisotopic (exact) mass is 185 g/mol. The van der Waals surface area contributed by atoms with Crippen LogP contribution in [0.1, 0.15) is 51.4 Å². The molecule has 2 aliphatic rings. The first-order chi connectivity index (χ1) is 6.18. The molecular weight excluding hydrogens is 165 g/mol. The molecule has 0 heterocycles. The Kier molecular flexibility index (Phi) is 2.59. The molecular formula is C11H20FN. The number of rotatable bonds is 3. The molecule has 0 spiro atoms. The van der Waals surface area contributed by atoms with Crippen LogP contribution >= 0.6 is 0 Å². The lowest BCUT2D eigenvalue weighted by Crippen LogP contribution is -2.24. The molecule has 2 N–H and O–H groups in total. The van der Waals surface area contributed by atoms with Crippen molar-refractivity contribution in [3.05, 3.63) is 0 Å². The molecule has 0 amide bonds. The first-order valence-electron chi connectivity index (χ1n) is 5.61. The van der Waals surface area contributed by atoms with Crippen molar-refractivity contribution in [3.8, 4) is 0 Å². The molecule has 0 aromatic carbocycles. The number of alkyl halides is 1. The first-order valence-corrected chi connectivity index (χ1v) is 5.61. The molecule has 0 unspecified atom stereocenters. The highest BCUT2D eigenvalue weighted by atomic mass is 19.1. The Morgan fingerprint density at radius 1 is 1.15 bits per heavy atom. The van der Waals surface area contributed by atoms with Crippen LogP contribution in [0.15, 0.2) is 0 Å². The Balaban J connectivity index is 1.65. The fourth-order valence-corrected chi connectivity index (χ4v) is 2.31. The smallest absolute Gasteiger partial charge is 0.100 e. The lowest BCUT2D eigenvalue weighted by Gasteiger charge is -2.25. The van der Waals surface area contributed by atoms with E-state index in [1.54, 1.807) is 0 Å². The van der Waals surface area contributed by atoms with Gasteiger partial charge in [-0.3, -0.25) is 0 Å². The summed E-state index contributed by atoms with van der Waals surface area (Å²) in [6.45, 7) is 0. The van der Waals surface area contributed by atoms with Crippen LogP contribution in [0.2, 0.25) is 0 Å². The molecule has 0 saturated heterocycles. The summed E-state index contributed by atoms with van der Waals surface area (Å²) >= 11 is 0. The molecule has 2 aliphatic carbocycles. The third kappa shape index (κ3) is 2.67. The molecule has 2 fully saturated rings. The predicted molar refractivity (Wildman–Crippen MR) is 52.2 cm³/mol. The van der Waals surface area contributed by atoms with Crippen molar-refractivity contribution in [1.29, 1.82) is 0 Å². The maximum absolute atomic E-state index is 12.8. The molecule has 13 heavy (non-hydrogen) atoms. The molecule has 0 bridgehead atoms. The molecule has 0 aromatic heterocycles. The number of halogens is 1. The quantitative estimate of drug-likeness (QED) is 0.719. The Bertz CT molecular complexity index is 169. The summed E-state index contributed by atoms with van der Waals surface area (Å²) in [6, 6.07) is 0. The lowest BCUT2D eigenvalue weighted by atomic mass is 9.84. The van der Waals surface area contributed by atoms with Gasteiger partial charge in [-0.25, -0.2) is 4.39 Å². The van der Waals surface area contributed by atoms with E-state index in [9.17, 15) is 4.39 Å². The highest BCUT2D eigenvalue weighted by Crippen LogP contribution is 2.39. The van der Waals surface area contributed by atoms with E-state index < -0.39 is 6.17 Å². The maximum Gasteiger partial charge on any atom is 0.100 e. The molecule has 0 atom stereocenters. The van der Waals surface area contributed by atoms with Crippen LogP contribution in [-0.4, -0.2) is 11.7 Å². The molecule has 0 radical (unpaired) electrons. The van der Waals surface area contributed by atoms with Crippen molar-refractivity contribution >= 4 is 0 Å². The number of hydrogen-bond acceptors (Lipinski definition) is 1. The second-order valence-electron chi connectivity index (χ2n) is 5.02. The van der Waals surface area contributed by atoms with Gasteiger partial charge in [0, 0.05) is 5.54 Å². The molecule has 2 saturated carbocycles. The van der Waals surface area contributed by atoms with Gasteiger partial charge in [0.05, 0.1) is 0 Å². The van der Waals surface area contributed by atoms with Crippen molar-refractivity contribution in [2.45, 2.75) is 63.1 Å². The summed E-state index contributed by atoms with van der Waals surface area (Å²) in [5.74, 6) is 0.771. The fraction of sp³-hybridized carbons (Fsp3) is 1.00. The van der Waals surface area contributed by atoms with Gasteiger partial charge >= 0.3 is 0 Å². The van der Waals surface area contributed by atoms with Crippen molar-refractivity contribution in [2.24, 2.45) is 11.7 Å². The summed E-state index contributed by atoms with van der Waals surface area (Å²) < 4.78 is 12.8. The van der Waals surface area contributed by atoms with Crippen LogP contribution in [0.5, 0.6) is 0 Å². The highest BCUT2D eigenvalue weighted by molar-refractivity contribution is 4.98. The minimum Gasteiger partial charge on any atom is -0.325 e. The Morgan fingerprint density at radius 2 is 1.77 bits per heavy atom. The van der Waals surface area contributed by atoms with Gasteiger partial charge in [-0.1, -0.05) is 0 Å². The predicted octanol–water partition coefficient (Wildman–Crippen LogP) is 2.79. The van der Waals surface area contributed by atoms with E-state index in [1.807, 2.05) is 0 Å². The van der Waals surface area contributed by atoms with Crippen molar-refractivity contribution in [3.63, 3.8) is 0 Å². The maximum atomic E-state index is 12.8. The SMILES string of the molecule is NC1(CCC2CCC(F)CC2)CC1. The Hall–Kier alpha value is -0.110. The van der Waals surface area contributed by atoms with Gasteiger partial charge in [0.2, 0.25) is 0 Å². The van der Waals surface area contributed by atoms with Gasteiger partial charge in [0.1, 0.15) is 6.17 Å². The number of nitrogens with two attached hydrogens (primary N) is 1. The van der Waals surface area contributed by atoms with Crippen LogP contribution in [0.3, 0.4) is 0 Å². The van der Waals surface area contributed by atoms with E-state index >= 15 is 0 Å². The van der Waals surface area contributed by atoms with Gasteiger partial charge < -0.3 is 5.73 Å². The van der Waals surface area contributed by atoms with Crippen LogP contribution in [-0.2, 0) is 0 Å². The summed E-state index contributed by atoms with van der Waals surface area (Å²) in [5, 5.41) is 0. The summed E-state index contributed by atoms with van der Waals surface area (Å²) in [7, 11) is 0. The Morgan fingerprint density at radius 3 is 2.31 bits per heavy atom. The van der Waals surface area contributed by atoms with Gasteiger partial charge in [0.15, 0.2) is 0 Å². The van der Waals surface area contributed by atoms with Gasteiger partial charge in [-0.05, 0) is 57.3 Å². The zero-order valence-electron chi connectivity index (χ0n) is 8.27. The van der Waals surface area contributed by atoms with E-state index in [4.69, 9.17) is 5.73 Å². The third-order valence-corrected chi connectivity index (χ3v) is 3.72. The second kappa shape index (κ2) is 3.56. The summed E-state index contributed by atoms with van der Waals surface area (Å²) in [6.07, 6.45) is 8.11. The normalized spacial score (nSPS) is 37.4. The first kappa shape index (κ1) is 9.45. The van der Waals surface area contributed by atoms with Gasteiger partial charge in [-0.2, -0.15) is 0 Å². The summed E-state index contributed by atoms with van der Waals surface area (Å²) in [4.78, 5) is 0. The van der Waals surface area contributed by atoms with Crippen molar-refractivity contribution in [2.75, 3.05) is 0 Å². The Labute approximate surface area is 79.9 Å². The number of hydrogen-bond donors (Lipinski definition) is 1. The van der Waals surface area contributed by atoms with E-state index in [1.165, 1.54) is 25.7 Å². The van der Waals surface area contributed by atoms with Crippen LogP contribution in [0, 0.1) is 5.92 Å². The van der Waals surface area contributed by atoms with Crippen molar-refractivity contribution in [1.82, 2.24) is 0 Å². The summed E-state index contributed by atoms with van der Waals surface area (Å²) in [5.41, 5.74) is 6.22. The molecule has 1 nitrogen and oxygen atoms in total. The zero-order chi connectivity index (χ0) is 9.31. The van der Waals surface area contributed by atoms with Crippen LogP contribution in [0.25, 0.3) is 0 Å². The van der Waals surface area contributed by atoms with E-state index in [0.717, 1.165) is 31.6 Å². The molecule has 2 rings (SSSR count). The van der Waals surface area contributed by atoms with E-state index in [2.05, 4.69) is 0 Å². The van der Waals surface area contributed by atoms with Gasteiger partial charge in [-0.15, -0.1) is 0 Å². The molecule has 0 aliphatic heterocycles. The van der Waals surface area contributed by atoms with Gasteiger partial charge in [0.25, 0.3) is 0 Å². The highest BCUT2D eigenvalue weighted by Gasteiger charge is 2.38. The fourth-order valence-electron chi connectivity index (χ4n) is 2.31. The average Bonchev–Trinajstić information content (AvgIpc) is 2.84. The topological polar surface area (TPSA) is 26.0 Å². The standard InChI is InChI=1S/C11H20FN/c12-10-3-1-9(2-4-10)5-6-11(13)7-8-11/h9-10H,1-8,13H2. The van der Waals surface area contributed by atoms with Crippen LogP contribution in [0.4, 0.5) is 4.39 Å². The van der Waals surface area contributed by atoms with E-state index in [0.29, 0.717) is 0 Å². The molecule has 0 aromatic rings. The lowest BCUT2D eigenvalue weighted by molar-refractivity contribution is 0.197. The largest absolute Gasteiger partial charge is 0.325 e. The minimum atomic E-state index is -0.510. The third-order valence-electron chi connectivity index (χ3n) is 3.72. The molecule has 2 heteroatoms.